The molecule has 25 heavy (non-hydrogen) atoms. The number of hydrogen-bond acceptors (Lipinski definition) is 4. The maximum atomic E-state index is 13.8. The Hall–Kier alpha value is -1.82. The highest BCUT2D eigenvalue weighted by Crippen LogP contribution is 2.20. The SMILES string of the molecule is OC(COc1ccc(Cl)cc1)CN1CCN(c2ccccc2F)CC1. The van der Waals surface area contributed by atoms with Gasteiger partial charge in [-0.25, -0.2) is 4.39 Å². The van der Waals surface area contributed by atoms with E-state index in [2.05, 4.69) is 4.90 Å². The highest BCUT2D eigenvalue weighted by molar-refractivity contribution is 6.30. The Bertz CT molecular complexity index is 675. The number of hydrogen-bond donors (Lipinski definition) is 1. The number of para-hydroxylation sites is 1. The molecule has 1 fully saturated rings. The number of rotatable bonds is 6. The van der Waals surface area contributed by atoms with Crippen molar-refractivity contribution in [1.82, 2.24) is 4.90 Å². The molecule has 2 aromatic rings. The smallest absolute Gasteiger partial charge is 0.146 e. The fourth-order valence-corrected chi connectivity index (χ4v) is 3.08. The normalized spacial score (nSPS) is 16.7. The first-order valence-electron chi connectivity index (χ1n) is 8.40. The fraction of sp³-hybridized carbons (Fsp3) is 0.368. The van der Waals surface area contributed by atoms with Crippen molar-refractivity contribution in [3.63, 3.8) is 0 Å². The molecule has 4 nitrogen and oxygen atoms in total. The highest BCUT2D eigenvalue weighted by Gasteiger charge is 2.21. The van der Waals surface area contributed by atoms with Crippen molar-refractivity contribution in [2.75, 3.05) is 44.2 Å². The standard InChI is InChI=1S/C19H22ClFN2O2/c20-15-5-7-17(8-6-15)25-14-16(24)13-22-9-11-23(12-10-22)19-4-2-1-3-18(19)21/h1-8,16,24H,9-14H2. The molecule has 0 aliphatic carbocycles. The van der Waals surface area contributed by atoms with Crippen molar-refractivity contribution >= 4 is 17.3 Å². The summed E-state index contributed by atoms with van der Waals surface area (Å²) >= 11 is 5.83. The maximum Gasteiger partial charge on any atom is 0.146 e. The number of halogens is 2. The topological polar surface area (TPSA) is 35.9 Å². The Morgan fingerprint density at radius 1 is 1.04 bits per heavy atom. The molecule has 2 aromatic carbocycles. The summed E-state index contributed by atoms with van der Waals surface area (Å²) in [5.41, 5.74) is 0.647. The van der Waals surface area contributed by atoms with Crippen LogP contribution in [0.3, 0.4) is 0 Å². The van der Waals surface area contributed by atoms with E-state index >= 15 is 0 Å². The number of piperazine rings is 1. The zero-order chi connectivity index (χ0) is 17.6. The van der Waals surface area contributed by atoms with Gasteiger partial charge < -0.3 is 14.7 Å². The predicted octanol–water partition coefficient (Wildman–Crippen LogP) is 3.04. The Morgan fingerprint density at radius 2 is 1.72 bits per heavy atom. The van der Waals surface area contributed by atoms with E-state index in [1.165, 1.54) is 6.07 Å². The Morgan fingerprint density at radius 3 is 2.40 bits per heavy atom. The zero-order valence-electron chi connectivity index (χ0n) is 13.9. The first-order valence-corrected chi connectivity index (χ1v) is 8.78. The Balaban J connectivity index is 1.42. The van der Waals surface area contributed by atoms with Gasteiger partial charge in [-0.05, 0) is 36.4 Å². The average molecular weight is 365 g/mol. The Labute approximate surface area is 152 Å². The zero-order valence-corrected chi connectivity index (χ0v) is 14.7. The van der Waals surface area contributed by atoms with Gasteiger partial charge in [-0.3, -0.25) is 4.90 Å². The van der Waals surface area contributed by atoms with Gasteiger partial charge in [0.05, 0.1) is 5.69 Å². The second-order valence-corrected chi connectivity index (χ2v) is 6.59. The average Bonchev–Trinajstić information content (AvgIpc) is 2.62. The van der Waals surface area contributed by atoms with Gasteiger partial charge in [0.2, 0.25) is 0 Å². The van der Waals surface area contributed by atoms with Crippen LogP contribution in [0.1, 0.15) is 0 Å². The summed E-state index contributed by atoms with van der Waals surface area (Å²) in [7, 11) is 0. The van der Waals surface area contributed by atoms with E-state index in [0.717, 1.165) is 26.2 Å². The van der Waals surface area contributed by atoms with E-state index in [9.17, 15) is 9.50 Å². The molecule has 0 saturated carbocycles. The number of anilines is 1. The molecule has 1 N–H and O–H groups in total. The summed E-state index contributed by atoms with van der Waals surface area (Å²) in [6.07, 6.45) is -0.573. The summed E-state index contributed by atoms with van der Waals surface area (Å²) in [6, 6.07) is 13.9. The van der Waals surface area contributed by atoms with Crippen molar-refractivity contribution < 1.29 is 14.2 Å². The molecular formula is C19H22ClFN2O2. The number of β-amino-alcohol motifs (C(OH)–C–C–N with tert-alkyl or cyclic N) is 1. The second-order valence-electron chi connectivity index (χ2n) is 6.16. The molecule has 1 aliphatic rings. The largest absolute Gasteiger partial charge is 0.491 e. The van der Waals surface area contributed by atoms with Crippen LogP contribution >= 0.6 is 11.6 Å². The molecule has 0 bridgehead atoms. The fourth-order valence-electron chi connectivity index (χ4n) is 2.95. The quantitative estimate of drug-likeness (QED) is 0.854. The van der Waals surface area contributed by atoms with Crippen molar-refractivity contribution in [1.29, 1.82) is 0 Å². The first-order chi connectivity index (χ1) is 12.1. The van der Waals surface area contributed by atoms with Gasteiger partial charge in [0, 0.05) is 37.7 Å². The molecule has 1 atom stereocenters. The second kappa shape index (κ2) is 8.52. The van der Waals surface area contributed by atoms with Crippen LogP contribution in [0, 0.1) is 5.82 Å². The lowest BCUT2D eigenvalue weighted by Gasteiger charge is -2.36. The molecule has 134 valence electrons. The van der Waals surface area contributed by atoms with E-state index < -0.39 is 6.10 Å². The summed E-state index contributed by atoms with van der Waals surface area (Å²) in [6.45, 7) is 3.82. The molecule has 6 heteroatoms. The summed E-state index contributed by atoms with van der Waals surface area (Å²) < 4.78 is 19.4. The molecular weight excluding hydrogens is 343 g/mol. The lowest BCUT2D eigenvalue weighted by molar-refractivity contribution is 0.0662. The molecule has 1 aliphatic heterocycles. The number of aliphatic hydroxyl groups is 1. The van der Waals surface area contributed by atoms with Gasteiger partial charge in [-0.2, -0.15) is 0 Å². The third-order valence-corrected chi connectivity index (χ3v) is 4.54. The summed E-state index contributed by atoms with van der Waals surface area (Å²) in [5, 5.41) is 10.8. The van der Waals surface area contributed by atoms with E-state index in [1.54, 1.807) is 36.4 Å². The van der Waals surface area contributed by atoms with E-state index in [4.69, 9.17) is 16.3 Å². The minimum Gasteiger partial charge on any atom is -0.491 e. The van der Waals surface area contributed by atoms with E-state index in [-0.39, 0.29) is 12.4 Å². The van der Waals surface area contributed by atoms with Crippen molar-refractivity contribution in [2.24, 2.45) is 0 Å². The van der Waals surface area contributed by atoms with Crippen LogP contribution in [-0.4, -0.2) is 55.4 Å². The van der Waals surface area contributed by atoms with Gasteiger partial charge in [-0.15, -0.1) is 0 Å². The van der Waals surface area contributed by atoms with Crippen LogP contribution < -0.4 is 9.64 Å². The van der Waals surface area contributed by atoms with Gasteiger partial charge in [0.15, 0.2) is 0 Å². The van der Waals surface area contributed by atoms with Gasteiger partial charge >= 0.3 is 0 Å². The number of ether oxygens (including phenoxy) is 1. The van der Waals surface area contributed by atoms with Crippen molar-refractivity contribution in [3.05, 3.63) is 59.4 Å². The van der Waals surface area contributed by atoms with Crippen LogP contribution in [0.2, 0.25) is 5.02 Å². The monoisotopic (exact) mass is 364 g/mol. The van der Waals surface area contributed by atoms with Gasteiger partial charge in [0.1, 0.15) is 24.3 Å². The van der Waals surface area contributed by atoms with Crippen LogP contribution in [0.25, 0.3) is 0 Å². The lowest BCUT2D eigenvalue weighted by Crippen LogP contribution is -2.49. The number of nitrogens with zero attached hydrogens (tertiary/aromatic N) is 2. The van der Waals surface area contributed by atoms with Crippen LogP contribution in [0.4, 0.5) is 10.1 Å². The highest BCUT2D eigenvalue weighted by atomic mass is 35.5. The minimum absolute atomic E-state index is 0.188. The molecule has 1 unspecified atom stereocenters. The third-order valence-electron chi connectivity index (χ3n) is 4.29. The van der Waals surface area contributed by atoms with Crippen LogP contribution in [-0.2, 0) is 0 Å². The molecule has 3 rings (SSSR count). The molecule has 1 saturated heterocycles. The van der Waals surface area contributed by atoms with Crippen molar-refractivity contribution in [2.45, 2.75) is 6.10 Å². The van der Waals surface area contributed by atoms with E-state index in [1.807, 2.05) is 11.0 Å². The minimum atomic E-state index is -0.573. The molecule has 0 aromatic heterocycles. The number of benzene rings is 2. The van der Waals surface area contributed by atoms with Crippen LogP contribution in [0.15, 0.2) is 48.5 Å². The molecule has 0 spiro atoms. The first kappa shape index (κ1) is 18.0. The maximum absolute atomic E-state index is 13.8. The molecule has 0 amide bonds. The van der Waals surface area contributed by atoms with Crippen LogP contribution in [0.5, 0.6) is 5.75 Å². The van der Waals surface area contributed by atoms with Crippen molar-refractivity contribution in [3.8, 4) is 5.75 Å². The predicted molar refractivity (Wildman–Crippen MR) is 98.0 cm³/mol. The van der Waals surface area contributed by atoms with Gasteiger partial charge in [0.25, 0.3) is 0 Å². The summed E-state index contributed by atoms with van der Waals surface area (Å²) in [4.78, 5) is 4.22. The Kier molecular flexibility index (Phi) is 6.13. The van der Waals surface area contributed by atoms with Gasteiger partial charge in [-0.1, -0.05) is 23.7 Å². The lowest BCUT2D eigenvalue weighted by atomic mass is 10.2. The molecule has 1 heterocycles. The summed E-state index contributed by atoms with van der Waals surface area (Å²) in [5.74, 6) is 0.500. The molecule has 0 radical (unpaired) electrons. The third kappa shape index (κ3) is 5.08. The van der Waals surface area contributed by atoms with E-state index in [0.29, 0.717) is 23.0 Å². The number of aliphatic hydroxyl groups excluding tert-OH is 1.